The molecule has 0 aliphatic rings. The number of carbonyl (C=O) groups is 1. The number of hydrogen-bond donors (Lipinski definition) is 1. The molecule has 3 rings (SSSR count). The van der Waals surface area contributed by atoms with Crippen molar-refractivity contribution < 1.29 is 4.79 Å². The number of halogens is 1. The lowest BCUT2D eigenvalue weighted by molar-refractivity contribution is 0.102. The number of carbonyl (C=O) groups excluding carboxylic acids is 1. The molecule has 1 N–H and O–H groups in total. The molecule has 1 amide bonds. The fraction of sp³-hybridized carbons (Fsp3) is 0.176. The second kappa shape index (κ2) is 5.81. The Morgan fingerprint density at radius 1 is 1.27 bits per heavy atom. The van der Waals surface area contributed by atoms with Gasteiger partial charge in [0.05, 0.1) is 11.1 Å². The molecule has 22 heavy (non-hydrogen) atoms. The van der Waals surface area contributed by atoms with E-state index < -0.39 is 0 Å². The fourth-order valence-corrected chi connectivity index (χ4v) is 2.62. The first-order valence-electron chi connectivity index (χ1n) is 7.09. The van der Waals surface area contributed by atoms with Gasteiger partial charge in [0.25, 0.3) is 5.91 Å². The van der Waals surface area contributed by atoms with E-state index in [0.29, 0.717) is 16.4 Å². The highest BCUT2D eigenvalue weighted by Crippen LogP contribution is 2.28. The van der Waals surface area contributed by atoms with Crippen LogP contribution in [0.5, 0.6) is 0 Å². The Labute approximate surface area is 133 Å². The zero-order valence-corrected chi connectivity index (χ0v) is 13.1. The van der Waals surface area contributed by atoms with Crippen molar-refractivity contribution in [3.8, 4) is 0 Å². The van der Waals surface area contributed by atoms with E-state index in [-0.39, 0.29) is 11.9 Å². The molecule has 0 saturated heterocycles. The predicted molar refractivity (Wildman–Crippen MR) is 89.5 cm³/mol. The van der Waals surface area contributed by atoms with Crippen LogP contribution in [0.4, 0.5) is 5.82 Å². The molecule has 1 aromatic carbocycles. The van der Waals surface area contributed by atoms with Crippen molar-refractivity contribution in [2.45, 2.75) is 19.9 Å². The van der Waals surface area contributed by atoms with E-state index in [2.05, 4.69) is 28.7 Å². The Morgan fingerprint density at radius 3 is 2.77 bits per heavy atom. The second-order valence-electron chi connectivity index (χ2n) is 5.37. The fourth-order valence-electron chi connectivity index (χ4n) is 2.45. The van der Waals surface area contributed by atoms with Crippen molar-refractivity contribution in [3.63, 3.8) is 0 Å². The molecular formula is C17H16ClN3O. The molecule has 3 aromatic rings. The molecule has 2 heterocycles. The molecule has 0 aliphatic carbocycles. The van der Waals surface area contributed by atoms with Crippen LogP contribution in [0.2, 0.25) is 5.02 Å². The molecule has 0 unspecified atom stereocenters. The summed E-state index contributed by atoms with van der Waals surface area (Å²) in [6.45, 7) is 4.14. The van der Waals surface area contributed by atoms with Crippen LogP contribution in [0.3, 0.4) is 0 Å². The van der Waals surface area contributed by atoms with Gasteiger partial charge in [0.15, 0.2) is 0 Å². The van der Waals surface area contributed by atoms with Crippen LogP contribution in [0.1, 0.15) is 30.2 Å². The van der Waals surface area contributed by atoms with Gasteiger partial charge < -0.3 is 9.88 Å². The molecule has 0 bridgehead atoms. The van der Waals surface area contributed by atoms with Crippen molar-refractivity contribution in [2.75, 3.05) is 5.32 Å². The van der Waals surface area contributed by atoms with Gasteiger partial charge in [-0.1, -0.05) is 23.7 Å². The summed E-state index contributed by atoms with van der Waals surface area (Å²) in [4.78, 5) is 16.7. The largest absolute Gasteiger partial charge is 0.344 e. The Bertz CT molecular complexity index is 825. The highest BCUT2D eigenvalue weighted by molar-refractivity contribution is 6.31. The first-order chi connectivity index (χ1) is 10.6. The van der Waals surface area contributed by atoms with Crippen LogP contribution in [0, 0.1) is 0 Å². The zero-order chi connectivity index (χ0) is 15.7. The summed E-state index contributed by atoms with van der Waals surface area (Å²) < 4.78 is 2.05. The summed E-state index contributed by atoms with van der Waals surface area (Å²) in [7, 11) is 0. The maximum atomic E-state index is 12.6. The number of anilines is 1. The van der Waals surface area contributed by atoms with E-state index in [1.54, 1.807) is 18.3 Å². The molecule has 2 aromatic heterocycles. The van der Waals surface area contributed by atoms with Crippen LogP contribution < -0.4 is 5.32 Å². The van der Waals surface area contributed by atoms with E-state index in [0.717, 1.165) is 10.9 Å². The Balaban J connectivity index is 2.05. The smallest absolute Gasteiger partial charge is 0.258 e. The van der Waals surface area contributed by atoms with Crippen LogP contribution >= 0.6 is 11.6 Å². The maximum absolute atomic E-state index is 12.6. The highest BCUT2D eigenvalue weighted by atomic mass is 35.5. The molecule has 0 aliphatic heterocycles. The molecule has 5 heteroatoms. The third kappa shape index (κ3) is 2.70. The van der Waals surface area contributed by atoms with Crippen molar-refractivity contribution in [1.82, 2.24) is 9.55 Å². The van der Waals surface area contributed by atoms with E-state index in [9.17, 15) is 4.79 Å². The average molecular weight is 314 g/mol. The summed E-state index contributed by atoms with van der Waals surface area (Å²) in [5.41, 5.74) is 1.57. The van der Waals surface area contributed by atoms with Crippen LogP contribution in [-0.4, -0.2) is 15.5 Å². The molecule has 0 atom stereocenters. The third-order valence-corrected chi connectivity index (χ3v) is 3.74. The molecule has 112 valence electrons. The minimum Gasteiger partial charge on any atom is -0.344 e. The summed E-state index contributed by atoms with van der Waals surface area (Å²) in [5.74, 6) is 0.359. The van der Waals surface area contributed by atoms with Crippen molar-refractivity contribution in [3.05, 3.63) is 59.4 Å². The van der Waals surface area contributed by atoms with Gasteiger partial charge >= 0.3 is 0 Å². The number of pyridine rings is 1. The SMILES string of the molecule is CC(C)n1cc(C(=O)Nc2ccccn2)c2ccc(Cl)cc21. The van der Waals surface area contributed by atoms with Crippen LogP contribution in [0.25, 0.3) is 10.9 Å². The number of benzene rings is 1. The number of hydrogen-bond acceptors (Lipinski definition) is 2. The lowest BCUT2D eigenvalue weighted by Crippen LogP contribution is -2.12. The number of amides is 1. The van der Waals surface area contributed by atoms with Gasteiger partial charge in [-0.15, -0.1) is 0 Å². The summed E-state index contributed by atoms with van der Waals surface area (Å²) >= 11 is 6.09. The van der Waals surface area contributed by atoms with Gasteiger partial charge in [0, 0.05) is 28.8 Å². The average Bonchev–Trinajstić information content (AvgIpc) is 2.87. The molecular weight excluding hydrogens is 298 g/mol. The summed E-state index contributed by atoms with van der Waals surface area (Å²) in [6.07, 6.45) is 3.51. The van der Waals surface area contributed by atoms with E-state index >= 15 is 0 Å². The minimum absolute atomic E-state index is 0.176. The van der Waals surface area contributed by atoms with E-state index in [1.807, 2.05) is 30.5 Å². The Kier molecular flexibility index (Phi) is 3.86. The number of nitrogens with zero attached hydrogens (tertiary/aromatic N) is 2. The number of rotatable bonds is 3. The molecule has 0 spiro atoms. The number of nitrogens with one attached hydrogen (secondary N) is 1. The van der Waals surface area contributed by atoms with Gasteiger partial charge in [0.2, 0.25) is 0 Å². The van der Waals surface area contributed by atoms with Gasteiger partial charge in [-0.2, -0.15) is 0 Å². The predicted octanol–water partition coefficient (Wildman–Crippen LogP) is 4.52. The molecule has 0 radical (unpaired) electrons. The normalized spacial score (nSPS) is 11.1. The van der Waals surface area contributed by atoms with Crippen LogP contribution in [0.15, 0.2) is 48.8 Å². The van der Waals surface area contributed by atoms with Gasteiger partial charge in [-0.05, 0) is 38.1 Å². The quantitative estimate of drug-likeness (QED) is 0.772. The van der Waals surface area contributed by atoms with E-state index in [1.165, 1.54) is 0 Å². The summed E-state index contributed by atoms with van der Waals surface area (Å²) in [6, 6.07) is 11.2. The van der Waals surface area contributed by atoms with Crippen molar-refractivity contribution in [2.24, 2.45) is 0 Å². The van der Waals surface area contributed by atoms with Gasteiger partial charge in [-0.3, -0.25) is 4.79 Å². The minimum atomic E-state index is -0.176. The maximum Gasteiger partial charge on any atom is 0.258 e. The van der Waals surface area contributed by atoms with E-state index in [4.69, 9.17) is 11.6 Å². The zero-order valence-electron chi connectivity index (χ0n) is 12.4. The topological polar surface area (TPSA) is 46.9 Å². The standard InChI is InChI=1S/C17H16ClN3O/c1-11(2)21-10-14(13-7-6-12(18)9-15(13)21)17(22)20-16-5-3-4-8-19-16/h3-11H,1-2H3,(H,19,20,22). The van der Waals surface area contributed by atoms with Gasteiger partial charge in [-0.25, -0.2) is 4.98 Å². The van der Waals surface area contributed by atoms with Crippen LogP contribution in [-0.2, 0) is 0 Å². The number of aromatic nitrogens is 2. The second-order valence-corrected chi connectivity index (χ2v) is 5.81. The van der Waals surface area contributed by atoms with Crippen molar-refractivity contribution in [1.29, 1.82) is 0 Å². The highest BCUT2D eigenvalue weighted by Gasteiger charge is 2.17. The lowest BCUT2D eigenvalue weighted by atomic mass is 10.1. The lowest BCUT2D eigenvalue weighted by Gasteiger charge is -2.08. The third-order valence-electron chi connectivity index (χ3n) is 3.50. The molecule has 0 saturated carbocycles. The Morgan fingerprint density at radius 2 is 2.09 bits per heavy atom. The molecule has 0 fully saturated rings. The molecule has 4 nitrogen and oxygen atoms in total. The Hall–Kier alpha value is -2.33. The first kappa shape index (κ1) is 14.6. The monoisotopic (exact) mass is 313 g/mol. The van der Waals surface area contributed by atoms with Crippen molar-refractivity contribution >= 4 is 34.2 Å². The first-order valence-corrected chi connectivity index (χ1v) is 7.46. The number of fused-ring (bicyclic) bond motifs is 1. The van der Waals surface area contributed by atoms with Gasteiger partial charge in [0.1, 0.15) is 5.82 Å². The summed E-state index contributed by atoms with van der Waals surface area (Å²) in [5, 5.41) is 4.36.